The fourth-order valence-electron chi connectivity index (χ4n) is 3.19. The molecule has 5 nitrogen and oxygen atoms in total. The van der Waals surface area contributed by atoms with Crippen molar-refractivity contribution in [2.24, 2.45) is 5.92 Å². The van der Waals surface area contributed by atoms with Gasteiger partial charge in [-0.15, -0.1) is 11.3 Å². The SMILES string of the molecule is O=C(Nc1nc(C2CC2)cs1)c1cc2ccccc2cc1NC(=O)C1CC1. The second-order valence-corrected chi connectivity index (χ2v) is 8.17. The third-order valence-electron chi connectivity index (χ3n) is 5.07. The summed E-state index contributed by atoms with van der Waals surface area (Å²) in [6, 6.07) is 11.5. The lowest BCUT2D eigenvalue weighted by Gasteiger charge is -2.12. The number of hydrogen-bond acceptors (Lipinski definition) is 4. The summed E-state index contributed by atoms with van der Waals surface area (Å²) in [6.45, 7) is 0. The Balaban J connectivity index is 1.46. The Hall–Kier alpha value is -2.73. The minimum atomic E-state index is -0.247. The third-order valence-corrected chi connectivity index (χ3v) is 5.85. The van der Waals surface area contributed by atoms with Crippen LogP contribution in [0.4, 0.5) is 10.8 Å². The molecule has 2 aliphatic carbocycles. The van der Waals surface area contributed by atoms with Gasteiger partial charge in [0.15, 0.2) is 5.13 Å². The smallest absolute Gasteiger partial charge is 0.259 e. The summed E-state index contributed by atoms with van der Waals surface area (Å²) in [4.78, 5) is 29.7. The lowest BCUT2D eigenvalue weighted by Crippen LogP contribution is -2.19. The Kier molecular flexibility index (Phi) is 3.93. The van der Waals surface area contributed by atoms with Gasteiger partial charge >= 0.3 is 0 Å². The molecule has 6 heteroatoms. The number of nitrogens with zero attached hydrogens (tertiary/aromatic N) is 1. The standard InChI is InChI=1S/C21H19N3O2S/c25-19(13-7-8-13)22-17-10-15-4-2-1-3-14(15)9-16(17)20(26)24-21-23-18(11-27-21)12-5-6-12/h1-4,9-13H,5-8H2,(H,22,25)(H,23,24,26). The summed E-state index contributed by atoms with van der Waals surface area (Å²) < 4.78 is 0. The molecule has 136 valence electrons. The summed E-state index contributed by atoms with van der Waals surface area (Å²) in [5.74, 6) is 0.376. The van der Waals surface area contributed by atoms with Crippen LogP contribution < -0.4 is 10.6 Å². The lowest BCUT2D eigenvalue weighted by molar-refractivity contribution is -0.117. The number of benzene rings is 2. The minimum Gasteiger partial charge on any atom is -0.325 e. The number of anilines is 2. The Morgan fingerprint density at radius 1 is 1.00 bits per heavy atom. The first-order chi connectivity index (χ1) is 13.2. The van der Waals surface area contributed by atoms with Gasteiger partial charge in [0, 0.05) is 17.2 Å². The van der Waals surface area contributed by atoms with Crippen molar-refractivity contribution in [3.8, 4) is 0 Å². The Bertz CT molecular complexity index is 1050. The number of rotatable bonds is 5. The molecule has 0 atom stereocenters. The molecule has 2 aliphatic rings. The summed E-state index contributed by atoms with van der Waals surface area (Å²) >= 11 is 1.45. The van der Waals surface area contributed by atoms with Gasteiger partial charge < -0.3 is 5.32 Å². The van der Waals surface area contributed by atoms with E-state index in [1.54, 1.807) is 0 Å². The van der Waals surface area contributed by atoms with Gasteiger partial charge in [-0.2, -0.15) is 0 Å². The van der Waals surface area contributed by atoms with Gasteiger partial charge in [-0.3, -0.25) is 14.9 Å². The fourth-order valence-corrected chi connectivity index (χ4v) is 3.97. The number of nitrogens with one attached hydrogen (secondary N) is 2. The number of aromatic nitrogens is 1. The highest BCUT2D eigenvalue weighted by Gasteiger charge is 2.30. The highest BCUT2D eigenvalue weighted by atomic mass is 32.1. The number of fused-ring (bicyclic) bond motifs is 1. The van der Waals surface area contributed by atoms with Crippen molar-refractivity contribution >= 4 is 44.7 Å². The lowest BCUT2D eigenvalue weighted by atomic mass is 10.0. The molecular formula is C21H19N3O2S. The normalized spacial score (nSPS) is 16.3. The maximum absolute atomic E-state index is 12.9. The first-order valence-electron chi connectivity index (χ1n) is 9.28. The van der Waals surface area contributed by atoms with Gasteiger partial charge in [0.05, 0.1) is 16.9 Å². The number of carbonyl (C=O) groups excluding carboxylic acids is 2. The van der Waals surface area contributed by atoms with Crippen molar-refractivity contribution in [1.29, 1.82) is 0 Å². The topological polar surface area (TPSA) is 71.1 Å². The van der Waals surface area contributed by atoms with Crippen LogP contribution in [-0.2, 0) is 4.79 Å². The number of amides is 2. The molecule has 27 heavy (non-hydrogen) atoms. The van der Waals surface area contributed by atoms with Crippen molar-refractivity contribution in [1.82, 2.24) is 4.98 Å². The van der Waals surface area contributed by atoms with Crippen molar-refractivity contribution in [2.75, 3.05) is 10.6 Å². The second-order valence-electron chi connectivity index (χ2n) is 7.31. The molecule has 5 rings (SSSR count). The molecule has 2 fully saturated rings. The van der Waals surface area contributed by atoms with E-state index in [-0.39, 0.29) is 17.7 Å². The predicted octanol–water partition coefficient (Wildman–Crippen LogP) is 4.77. The van der Waals surface area contributed by atoms with Crippen LogP contribution in [0.1, 0.15) is 47.7 Å². The largest absolute Gasteiger partial charge is 0.325 e. The maximum Gasteiger partial charge on any atom is 0.259 e. The Morgan fingerprint density at radius 3 is 2.44 bits per heavy atom. The van der Waals surface area contributed by atoms with E-state index in [2.05, 4.69) is 15.6 Å². The second kappa shape index (κ2) is 6.46. The van der Waals surface area contributed by atoms with Crippen molar-refractivity contribution in [3.63, 3.8) is 0 Å². The first kappa shape index (κ1) is 16.4. The molecule has 0 unspecified atom stereocenters. The molecule has 0 bridgehead atoms. The zero-order valence-corrected chi connectivity index (χ0v) is 15.5. The minimum absolute atomic E-state index is 0.00963. The quantitative estimate of drug-likeness (QED) is 0.672. The Labute approximate surface area is 160 Å². The maximum atomic E-state index is 12.9. The van der Waals surface area contributed by atoms with E-state index in [1.807, 2.05) is 41.8 Å². The number of thiazole rings is 1. The van der Waals surface area contributed by atoms with Gasteiger partial charge in [-0.1, -0.05) is 24.3 Å². The van der Waals surface area contributed by atoms with Crippen LogP contribution in [0, 0.1) is 5.92 Å². The van der Waals surface area contributed by atoms with Crippen LogP contribution in [0.5, 0.6) is 0 Å². The zero-order valence-electron chi connectivity index (χ0n) is 14.7. The number of hydrogen-bond donors (Lipinski definition) is 2. The molecule has 0 spiro atoms. The average molecular weight is 377 g/mol. The van der Waals surface area contributed by atoms with Crippen LogP contribution >= 0.6 is 11.3 Å². The molecule has 1 heterocycles. The van der Waals surface area contributed by atoms with Gasteiger partial charge in [0.1, 0.15) is 0 Å². The zero-order chi connectivity index (χ0) is 18.4. The van der Waals surface area contributed by atoms with Crippen LogP contribution in [0.25, 0.3) is 10.8 Å². The molecule has 2 N–H and O–H groups in total. The first-order valence-corrected chi connectivity index (χ1v) is 10.2. The van der Waals surface area contributed by atoms with E-state index in [1.165, 1.54) is 24.2 Å². The van der Waals surface area contributed by atoms with Crippen LogP contribution in [-0.4, -0.2) is 16.8 Å². The molecule has 3 aromatic rings. The van der Waals surface area contributed by atoms with Gasteiger partial charge in [0.25, 0.3) is 5.91 Å². The monoisotopic (exact) mass is 377 g/mol. The van der Waals surface area contributed by atoms with E-state index >= 15 is 0 Å². The molecule has 0 aliphatic heterocycles. The van der Waals surface area contributed by atoms with Crippen LogP contribution in [0.15, 0.2) is 41.8 Å². The van der Waals surface area contributed by atoms with E-state index in [9.17, 15) is 9.59 Å². The summed E-state index contributed by atoms with van der Waals surface area (Å²) in [7, 11) is 0. The molecule has 2 saturated carbocycles. The Morgan fingerprint density at radius 2 is 1.74 bits per heavy atom. The van der Waals surface area contributed by atoms with Gasteiger partial charge in [-0.05, 0) is 48.6 Å². The van der Waals surface area contributed by atoms with E-state index in [4.69, 9.17) is 0 Å². The van der Waals surface area contributed by atoms with E-state index in [0.717, 1.165) is 29.3 Å². The summed E-state index contributed by atoms with van der Waals surface area (Å²) in [5, 5.41) is 10.4. The molecule has 2 amide bonds. The highest BCUT2D eigenvalue weighted by Crippen LogP contribution is 2.41. The molecule has 2 aromatic carbocycles. The van der Waals surface area contributed by atoms with Gasteiger partial charge in [0.2, 0.25) is 5.91 Å². The third kappa shape index (κ3) is 3.45. The van der Waals surface area contributed by atoms with Crippen molar-refractivity contribution in [2.45, 2.75) is 31.6 Å². The average Bonchev–Trinajstić information content (AvgIpc) is 3.59. The molecular weight excluding hydrogens is 358 g/mol. The summed E-state index contributed by atoms with van der Waals surface area (Å²) in [5.41, 5.74) is 2.09. The van der Waals surface area contributed by atoms with E-state index < -0.39 is 0 Å². The number of carbonyl (C=O) groups is 2. The highest BCUT2D eigenvalue weighted by molar-refractivity contribution is 7.14. The van der Waals surface area contributed by atoms with Crippen LogP contribution in [0.2, 0.25) is 0 Å². The predicted molar refractivity (Wildman–Crippen MR) is 107 cm³/mol. The molecule has 0 radical (unpaired) electrons. The fraction of sp³-hybridized carbons (Fsp3) is 0.286. The van der Waals surface area contributed by atoms with E-state index in [0.29, 0.717) is 22.3 Å². The van der Waals surface area contributed by atoms with Gasteiger partial charge in [-0.25, -0.2) is 4.98 Å². The van der Waals surface area contributed by atoms with Crippen molar-refractivity contribution < 1.29 is 9.59 Å². The van der Waals surface area contributed by atoms with Crippen molar-refractivity contribution in [3.05, 3.63) is 53.0 Å². The van der Waals surface area contributed by atoms with Crippen LogP contribution in [0.3, 0.4) is 0 Å². The molecule has 0 saturated heterocycles. The molecule has 1 aromatic heterocycles. The summed E-state index contributed by atoms with van der Waals surface area (Å²) in [6.07, 6.45) is 4.20.